The molecule has 16 heavy (non-hydrogen) atoms. The van der Waals surface area contributed by atoms with Crippen molar-refractivity contribution in [1.29, 1.82) is 0 Å². The van der Waals surface area contributed by atoms with Crippen molar-refractivity contribution in [3.05, 3.63) is 60.2 Å². The van der Waals surface area contributed by atoms with Gasteiger partial charge in [0.05, 0.1) is 0 Å². The van der Waals surface area contributed by atoms with E-state index in [1.165, 1.54) is 11.1 Å². The van der Waals surface area contributed by atoms with E-state index in [1.54, 1.807) is 0 Å². The molecule has 0 aliphatic heterocycles. The number of nitrogens with zero attached hydrogens (tertiary/aromatic N) is 1. The van der Waals surface area contributed by atoms with Gasteiger partial charge in [0.1, 0.15) is 6.17 Å². The van der Waals surface area contributed by atoms with Crippen molar-refractivity contribution in [2.75, 3.05) is 0 Å². The predicted molar refractivity (Wildman–Crippen MR) is 68.4 cm³/mol. The maximum Gasteiger partial charge on any atom is 0.122 e. The van der Waals surface area contributed by atoms with Gasteiger partial charge in [-0.3, -0.25) is 4.99 Å². The van der Waals surface area contributed by atoms with E-state index < -0.39 is 0 Å². The molecule has 0 bridgehead atoms. The molecule has 1 unspecified atom stereocenters. The van der Waals surface area contributed by atoms with Crippen LogP contribution in [-0.2, 0) is 0 Å². The summed E-state index contributed by atoms with van der Waals surface area (Å²) in [5.74, 6) is 0. The molecule has 2 N–H and O–H groups in total. The first kappa shape index (κ1) is 10.6. The van der Waals surface area contributed by atoms with Crippen molar-refractivity contribution >= 4 is 6.72 Å². The maximum absolute atomic E-state index is 5.75. The molecule has 2 aromatic rings. The van der Waals surface area contributed by atoms with Crippen LogP contribution in [0.5, 0.6) is 0 Å². The molecule has 0 saturated carbocycles. The number of nitrogens with two attached hydrogens (primary N) is 1. The third-order valence-corrected chi connectivity index (χ3v) is 2.56. The number of hydrogen-bond donors (Lipinski definition) is 1. The first-order chi connectivity index (χ1) is 7.81. The molecule has 2 aromatic carbocycles. The maximum atomic E-state index is 5.75. The van der Waals surface area contributed by atoms with Crippen LogP contribution in [0, 0.1) is 0 Å². The van der Waals surface area contributed by atoms with Gasteiger partial charge < -0.3 is 5.73 Å². The van der Waals surface area contributed by atoms with Gasteiger partial charge in [0.15, 0.2) is 0 Å². The van der Waals surface area contributed by atoms with E-state index in [-0.39, 0.29) is 6.17 Å². The second-order valence-electron chi connectivity index (χ2n) is 3.62. The Bertz CT molecular complexity index is 460. The van der Waals surface area contributed by atoms with E-state index in [2.05, 4.69) is 36.0 Å². The van der Waals surface area contributed by atoms with Gasteiger partial charge in [0.25, 0.3) is 0 Å². The zero-order valence-electron chi connectivity index (χ0n) is 9.01. The van der Waals surface area contributed by atoms with Crippen LogP contribution in [0.15, 0.2) is 59.6 Å². The minimum Gasteiger partial charge on any atom is -0.306 e. The van der Waals surface area contributed by atoms with Crippen molar-refractivity contribution in [2.45, 2.75) is 6.17 Å². The van der Waals surface area contributed by atoms with Crippen molar-refractivity contribution in [1.82, 2.24) is 0 Å². The lowest BCUT2D eigenvalue weighted by molar-refractivity contribution is 0.783. The van der Waals surface area contributed by atoms with Gasteiger partial charge in [-0.15, -0.1) is 0 Å². The second-order valence-corrected chi connectivity index (χ2v) is 3.62. The quantitative estimate of drug-likeness (QED) is 0.777. The number of rotatable bonds is 3. The minimum absolute atomic E-state index is 0.329. The molecule has 2 rings (SSSR count). The first-order valence-electron chi connectivity index (χ1n) is 5.18. The summed E-state index contributed by atoms with van der Waals surface area (Å²) < 4.78 is 0. The Balaban J connectivity index is 2.30. The lowest BCUT2D eigenvalue weighted by Crippen LogP contribution is -2.05. The molecule has 1 atom stereocenters. The predicted octanol–water partition coefficient (Wildman–Crippen LogP) is 3.01. The molecule has 0 fully saturated rings. The Hall–Kier alpha value is -1.93. The Morgan fingerprint density at radius 2 is 1.44 bits per heavy atom. The standard InChI is InChI=1S/C14H14N2/c1-16-14(15)13-9-7-12(8-10-13)11-5-3-2-4-6-11/h2-10,14H,1,15H2. The van der Waals surface area contributed by atoms with E-state index in [0.717, 1.165) is 5.56 Å². The lowest BCUT2D eigenvalue weighted by atomic mass is 10.0. The topological polar surface area (TPSA) is 38.4 Å². The van der Waals surface area contributed by atoms with E-state index >= 15 is 0 Å². The van der Waals surface area contributed by atoms with Crippen LogP contribution in [0.4, 0.5) is 0 Å². The van der Waals surface area contributed by atoms with Gasteiger partial charge in [0, 0.05) is 0 Å². The monoisotopic (exact) mass is 210 g/mol. The highest BCUT2D eigenvalue weighted by molar-refractivity contribution is 5.63. The van der Waals surface area contributed by atoms with Crippen molar-refractivity contribution in [3.63, 3.8) is 0 Å². The van der Waals surface area contributed by atoms with E-state index in [1.807, 2.05) is 30.3 Å². The molecule has 0 saturated heterocycles. The van der Waals surface area contributed by atoms with Gasteiger partial charge in [0.2, 0.25) is 0 Å². The van der Waals surface area contributed by atoms with Gasteiger partial charge >= 0.3 is 0 Å². The third-order valence-electron chi connectivity index (χ3n) is 2.56. The van der Waals surface area contributed by atoms with Gasteiger partial charge in [-0.05, 0) is 23.4 Å². The normalized spacial score (nSPS) is 12.1. The highest BCUT2D eigenvalue weighted by Crippen LogP contribution is 2.21. The SMILES string of the molecule is C=NC(N)c1ccc(-c2ccccc2)cc1. The van der Waals surface area contributed by atoms with Crippen LogP contribution in [-0.4, -0.2) is 6.72 Å². The van der Waals surface area contributed by atoms with Crippen LogP contribution >= 0.6 is 0 Å². The molecule has 2 nitrogen and oxygen atoms in total. The van der Waals surface area contributed by atoms with Gasteiger partial charge in [-0.2, -0.15) is 0 Å². The molecule has 0 aliphatic carbocycles. The van der Waals surface area contributed by atoms with E-state index in [0.29, 0.717) is 0 Å². The summed E-state index contributed by atoms with van der Waals surface area (Å²) in [7, 11) is 0. The van der Waals surface area contributed by atoms with Gasteiger partial charge in [-0.25, -0.2) is 0 Å². The summed E-state index contributed by atoms with van der Waals surface area (Å²) in [6, 6.07) is 18.3. The average molecular weight is 210 g/mol. The van der Waals surface area contributed by atoms with Crippen molar-refractivity contribution < 1.29 is 0 Å². The number of benzene rings is 2. The lowest BCUT2D eigenvalue weighted by Gasteiger charge is -2.07. The van der Waals surface area contributed by atoms with Crippen molar-refractivity contribution in [2.24, 2.45) is 10.7 Å². The third kappa shape index (κ3) is 2.18. The zero-order valence-corrected chi connectivity index (χ0v) is 9.01. The number of aliphatic imine (C=N–C) groups is 1. The Morgan fingerprint density at radius 1 is 0.875 bits per heavy atom. The van der Waals surface area contributed by atoms with E-state index in [9.17, 15) is 0 Å². The number of hydrogen-bond acceptors (Lipinski definition) is 2. The largest absolute Gasteiger partial charge is 0.306 e. The smallest absolute Gasteiger partial charge is 0.122 e. The Kier molecular flexibility index (Phi) is 3.13. The summed E-state index contributed by atoms with van der Waals surface area (Å²) in [5, 5.41) is 0. The molecule has 0 aliphatic rings. The summed E-state index contributed by atoms with van der Waals surface area (Å²) >= 11 is 0. The second kappa shape index (κ2) is 4.73. The summed E-state index contributed by atoms with van der Waals surface area (Å²) in [6.45, 7) is 3.44. The summed E-state index contributed by atoms with van der Waals surface area (Å²) in [6.07, 6.45) is -0.329. The average Bonchev–Trinajstić information content (AvgIpc) is 2.39. The van der Waals surface area contributed by atoms with E-state index in [4.69, 9.17) is 5.73 Å². The molecular weight excluding hydrogens is 196 g/mol. The van der Waals surface area contributed by atoms with Crippen LogP contribution in [0.2, 0.25) is 0 Å². The minimum atomic E-state index is -0.329. The van der Waals surface area contributed by atoms with Crippen LogP contribution in [0.25, 0.3) is 11.1 Å². The fourth-order valence-corrected chi connectivity index (χ4v) is 1.61. The molecular formula is C14H14N2. The molecule has 0 radical (unpaired) electrons. The highest BCUT2D eigenvalue weighted by atomic mass is 14.9. The van der Waals surface area contributed by atoms with Crippen LogP contribution in [0.1, 0.15) is 11.7 Å². The van der Waals surface area contributed by atoms with Gasteiger partial charge in [-0.1, -0.05) is 54.6 Å². The summed E-state index contributed by atoms with van der Waals surface area (Å²) in [4.78, 5) is 3.79. The van der Waals surface area contributed by atoms with Crippen molar-refractivity contribution in [3.8, 4) is 11.1 Å². The first-order valence-corrected chi connectivity index (χ1v) is 5.18. The fraction of sp³-hybridized carbons (Fsp3) is 0.0714. The van der Waals surface area contributed by atoms with Crippen LogP contribution < -0.4 is 5.73 Å². The molecule has 0 spiro atoms. The highest BCUT2D eigenvalue weighted by Gasteiger charge is 2.02. The zero-order chi connectivity index (χ0) is 11.4. The Morgan fingerprint density at radius 3 is 2.00 bits per heavy atom. The van der Waals surface area contributed by atoms with Crippen LogP contribution in [0.3, 0.4) is 0 Å². The molecule has 80 valence electrons. The molecule has 2 heteroatoms. The Labute approximate surface area is 95.5 Å². The summed E-state index contributed by atoms with van der Waals surface area (Å²) in [5.41, 5.74) is 9.12. The molecule has 0 heterocycles. The molecule has 0 aromatic heterocycles. The fourth-order valence-electron chi connectivity index (χ4n) is 1.61. The molecule has 0 amide bonds.